The number of benzene rings is 1. The van der Waals surface area contributed by atoms with Gasteiger partial charge in [0.1, 0.15) is 4.21 Å². The number of piperazine rings is 1. The van der Waals surface area contributed by atoms with Gasteiger partial charge in [-0.25, -0.2) is 8.42 Å². The Morgan fingerprint density at radius 1 is 1.04 bits per heavy atom. The maximum atomic E-state index is 12.7. The summed E-state index contributed by atoms with van der Waals surface area (Å²) in [4.78, 5) is 16.7. The van der Waals surface area contributed by atoms with Crippen molar-refractivity contribution in [1.29, 1.82) is 0 Å². The van der Waals surface area contributed by atoms with Crippen molar-refractivity contribution < 1.29 is 13.2 Å². The largest absolute Gasteiger partial charge is 0.335 e. The third-order valence-corrected chi connectivity index (χ3v) is 7.90. The van der Waals surface area contributed by atoms with Crippen LogP contribution in [0.2, 0.25) is 0 Å². The highest BCUT2D eigenvalue weighted by Crippen LogP contribution is 2.25. The minimum absolute atomic E-state index is 0.244. The fourth-order valence-corrected chi connectivity index (χ4v) is 5.88. The molecule has 3 aromatic rings. The van der Waals surface area contributed by atoms with E-state index in [1.54, 1.807) is 17.0 Å². The number of carbonyl (C=O) groups is 1. The maximum absolute atomic E-state index is 12.7. The number of amides is 1. The van der Waals surface area contributed by atoms with Crippen LogP contribution in [-0.4, -0.2) is 64.7 Å². The molecule has 1 aromatic carbocycles. The normalized spacial score (nSPS) is 15.7. The number of rotatable bonds is 4. The second-order valence-corrected chi connectivity index (χ2v) is 9.87. The highest BCUT2D eigenvalue weighted by molar-refractivity contribution is 7.91. The van der Waals surface area contributed by atoms with Crippen molar-refractivity contribution in [2.75, 3.05) is 26.2 Å². The van der Waals surface area contributed by atoms with Gasteiger partial charge in [0.15, 0.2) is 5.69 Å². The van der Waals surface area contributed by atoms with Crippen molar-refractivity contribution in [2.24, 2.45) is 0 Å². The number of aromatic nitrogens is 3. The van der Waals surface area contributed by atoms with Gasteiger partial charge >= 0.3 is 0 Å². The highest BCUT2D eigenvalue weighted by Gasteiger charge is 2.32. The van der Waals surface area contributed by atoms with E-state index in [4.69, 9.17) is 0 Å². The lowest BCUT2D eigenvalue weighted by Gasteiger charge is -2.33. The Balaban J connectivity index is 1.43. The lowest BCUT2D eigenvalue weighted by atomic mass is 10.3. The molecule has 3 heterocycles. The number of hydrogen-bond acceptors (Lipinski definition) is 6. The van der Waals surface area contributed by atoms with Crippen LogP contribution in [0.15, 0.2) is 52.9 Å². The number of nitrogens with zero attached hydrogens (tertiary/aromatic N) is 5. The van der Waals surface area contributed by atoms with Gasteiger partial charge in [-0.2, -0.15) is 14.2 Å². The summed E-state index contributed by atoms with van der Waals surface area (Å²) < 4.78 is 27.2. The predicted molar refractivity (Wildman–Crippen MR) is 105 cm³/mol. The summed E-state index contributed by atoms with van der Waals surface area (Å²) in [5.41, 5.74) is 1.01. The fourth-order valence-electron chi connectivity index (χ4n) is 3.02. The lowest BCUT2D eigenvalue weighted by molar-refractivity contribution is 0.0691. The molecule has 0 bridgehead atoms. The first kappa shape index (κ1) is 18.8. The van der Waals surface area contributed by atoms with E-state index < -0.39 is 10.0 Å². The average Bonchev–Trinajstić information content (AvgIpc) is 3.38. The summed E-state index contributed by atoms with van der Waals surface area (Å²) in [7, 11) is -3.51. The van der Waals surface area contributed by atoms with E-state index in [2.05, 4.69) is 10.2 Å². The molecule has 1 aliphatic rings. The van der Waals surface area contributed by atoms with Crippen molar-refractivity contribution >= 4 is 27.3 Å². The molecule has 1 fully saturated rings. The third kappa shape index (κ3) is 3.58. The van der Waals surface area contributed by atoms with Gasteiger partial charge in [0.05, 0.1) is 11.9 Å². The van der Waals surface area contributed by atoms with Crippen LogP contribution in [0.1, 0.15) is 15.4 Å². The van der Waals surface area contributed by atoms with Gasteiger partial charge in [0.2, 0.25) is 0 Å². The molecular formula is C18H19N5O3S2. The summed E-state index contributed by atoms with van der Waals surface area (Å²) in [6.45, 7) is 3.04. The monoisotopic (exact) mass is 417 g/mol. The first-order valence-corrected chi connectivity index (χ1v) is 11.0. The topological polar surface area (TPSA) is 88.4 Å². The smallest absolute Gasteiger partial charge is 0.276 e. The summed E-state index contributed by atoms with van der Waals surface area (Å²) in [6, 6.07) is 12.8. The fraction of sp³-hybridized carbons (Fsp3) is 0.278. The van der Waals surface area contributed by atoms with Gasteiger partial charge in [-0.3, -0.25) is 4.79 Å². The van der Waals surface area contributed by atoms with Crippen LogP contribution >= 0.6 is 11.3 Å². The molecule has 4 rings (SSSR count). The Hall–Kier alpha value is -2.56. The summed E-state index contributed by atoms with van der Waals surface area (Å²) in [5.74, 6) is -0.244. The Kier molecular flexibility index (Phi) is 5.00. The minimum atomic E-state index is -3.51. The van der Waals surface area contributed by atoms with Crippen molar-refractivity contribution in [3.05, 3.63) is 59.2 Å². The molecule has 10 heteroatoms. The Morgan fingerprint density at radius 2 is 1.75 bits per heavy atom. The number of thiophene rings is 1. The van der Waals surface area contributed by atoms with E-state index in [9.17, 15) is 13.2 Å². The maximum Gasteiger partial charge on any atom is 0.276 e. The molecule has 0 aliphatic carbocycles. The molecule has 0 spiro atoms. The number of aryl methyl sites for hydroxylation is 1. The molecule has 28 heavy (non-hydrogen) atoms. The molecule has 1 saturated heterocycles. The average molecular weight is 418 g/mol. The zero-order chi connectivity index (χ0) is 19.7. The third-order valence-electron chi connectivity index (χ3n) is 4.53. The van der Waals surface area contributed by atoms with Gasteiger partial charge < -0.3 is 4.90 Å². The number of hydrogen-bond donors (Lipinski definition) is 0. The molecule has 1 amide bonds. The second-order valence-electron chi connectivity index (χ2n) is 6.42. The van der Waals surface area contributed by atoms with Crippen molar-refractivity contribution in [2.45, 2.75) is 11.1 Å². The molecule has 146 valence electrons. The zero-order valence-electron chi connectivity index (χ0n) is 15.2. The van der Waals surface area contributed by atoms with Crippen LogP contribution in [0.3, 0.4) is 0 Å². The second kappa shape index (κ2) is 7.46. The highest BCUT2D eigenvalue weighted by atomic mass is 32.2. The SMILES string of the molecule is Cc1ccc(S(=O)(=O)N2CCN(C(=O)c3cnn(-c4ccccc4)n3)CC2)s1. The van der Waals surface area contributed by atoms with Crippen LogP contribution in [0.5, 0.6) is 0 Å². The van der Waals surface area contributed by atoms with Crippen LogP contribution in [-0.2, 0) is 10.0 Å². The Bertz CT molecular complexity index is 1080. The van der Waals surface area contributed by atoms with Gasteiger partial charge in [-0.1, -0.05) is 18.2 Å². The molecule has 0 atom stereocenters. The Labute approximate surface area is 167 Å². The molecule has 0 unspecified atom stereocenters. The quantitative estimate of drug-likeness (QED) is 0.646. The minimum Gasteiger partial charge on any atom is -0.335 e. The van der Waals surface area contributed by atoms with Crippen LogP contribution in [0, 0.1) is 6.92 Å². The van der Waals surface area contributed by atoms with Gasteiger partial charge in [-0.15, -0.1) is 16.4 Å². The number of sulfonamides is 1. The van der Waals surface area contributed by atoms with Gasteiger partial charge in [-0.05, 0) is 31.2 Å². The number of carbonyl (C=O) groups excluding carboxylic acids is 1. The molecule has 2 aromatic heterocycles. The van der Waals surface area contributed by atoms with Crippen molar-refractivity contribution in [3.63, 3.8) is 0 Å². The standard InChI is InChI=1S/C18H19N5O3S2/c1-14-7-8-17(27-14)28(25,26)22-11-9-21(10-12-22)18(24)16-13-19-23(20-16)15-5-3-2-4-6-15/h2-8,13H,9-12H2,1H3. The molecule has 0 N–H and O–H groups in total. The van der Waals surface area contributed by atoms with Crippen LogP contribution in [0.4, 0.5) is 0 Å². The van der Waals surface area contributed by atoms with E-state index in [1.165, 1.54) is 26.6 Å². The number of para-hydroxylation sites is 1. The van der Waals surface area contributed by atoms with Crippen LogP contribution < -0.4 is 0 Å². The van der Waals surface area contributed by atoms with Crippen molar-refractivity contribution in [3.8, 4) is 5.69 Å². The van der Waals surface area contributed by atoms with E-state index >= 15 is 0 Å². The molecule has 0 radical (unpaired) electrons. The van der Waals surface area contributed by atoms with E-state index in [0.717, 1.165) is 10.6 Å². The van der Waals surface area contributed by atoms with Gasteiger partial charge in [0, 0.05) is 31.1 Å². The lowest BCUT2D eigenvalue weighted by Crippen LogP contribution is -2.50. The van der Waals surface area contributed by atoms with Crippen molar-refractivity contribution in [1.82, 2.24) is 24.2 Å². The predicted octanol–water partition coefficient (Wildman–Crippen LogP) is 1.78. The first-order chi connectivity index (χ1) is 13.4. The summed E-state index contributed by atoms with van der Waals surface area (Å²) in [6.07, 6.45) is 1.44. The van der Waals surface area contributed by atoms with Gasteiger partial charge in [0.25, 0.3) is 15.9 Å². The van der Waals surface area contributed by atoms with E-state index in [0.29, 0.717) is 17.3 Å². The summed E-state index contributed by atoms with van der Waals surface area (Å²) >= 11 is 1.26. The molecule has 0 saturated carbocycles. The van der Waals surface area contributed by atoms with Crippen LogP contribution in [0.25, 0.3) is 5.69 Å². The molecule has 8 nitrogen and oxygen atoms in total. The summed E-state index contributed by atoms with van der Waals surface area (Å²) in [5, 5.41) is 8.41. The van der Waals surface area contributed by atoms with E-state index in [1.807, 2.05) is 37.3 Å². The molecular weight excluding hydrogens is 398 g/mol. The zero-order valence-corrected chi connectivity index (χ0v) is 16.9. The van der Waals surface area contributed by atoms with E-state index in [-0.39, 0.29) is 24.7 Å². The molecule has 1 aliphatic heterocycles. The first-order valence-electron chi connectivity index (χ1n) is 8.79. The Morgan fingerprint density at radius 3 is 2.39 bits per heavy atom.